The van der Waals surface area contributed by atoms with Gasteiger partial charge in [0.1, 0.15) is 5.54 Å². The summed E-state index contributed by atoms with van der Waals surface area (Å²) in [7, 11) is 1.45. The Bertz CT molecular complexity index is 373. The highest BCUT2D eigenvalue weighted by molar-refractivity contribution is 7.98. The van der Waals surface area contributed by atoms with Crippen LogP contribution in [0, 0.1) is 0 Å². The number of hydrogen-bond donors (Lipinski definition) is 1. The van der Waals surface area contributed by atoms with Gasteiger partial charge in [0.25, 0.3) is 0 Å². The normalized spacial score (nSPS) is 13.8. The van der Waals surface area contributed by atoms with E-state index in [0.717, 1.165) is 30.7 Å². The molecule has 0 aromatic heterocycles. The summed E-state index contributed by atoms with van der Waals surface area (Å²) >= 11 is 1.74. The number of rotatable bonds is 8. The standard InChI is InChI=1S/C15H23NO2S/c1-4-11-16-15(10-12-19-3,14(17)18-2)13-8-6-5-7-9-13/h5-9,16H,4,10-12H2,1-3H3. The van der Waals surface area contributed by atoms with Crippen molar-refractivity contribution in [3.63, 3.8) is 0 Å². The molecule has 0 heterocycles. The van der Waals surface area contributed by atoms with Crippen LogP contribution in [0.15, 0.2) is 30.3 Å². The SMILES string of the molecule is CCCNC(CCSC)(C(=O)OC)c1ccccc1. The van der Waals surface area contributed by atoms with Gasteiger partial charge in [-0.1, -0.05) is 37.3 Å². The number of ether oxygens (including phenoxy) is 1. The zero-order valence-electron chi connectivity index (χ0n) is 11.9. The average molecular weight is 281 g/mol. The van der Waals surface area contributed by atoms with Crippen molar-refractivity contribution in [1.29, 1.82) is 0 Å². The Balaban J connectivity index is 3.13. The molecular weight excluding hydrogens is 258 g/mol. The average Bonchev–Trinajstić information content (AvgIpc) is 2.48. The molecule has 0 aliphatic carbocycles. The topological polar surface area (TPSA) is 38.3 Å². The highest BCUT2D eigenvalue weighted by Crippen LogP contribution is 2.28. The summed E-state index contributed by atoms with van der Waals surface area (Å²) in [6.07, 6.45) is 3.75. The zero-order chi connectivity index (χ0) is 14.1. The minimum Gasteiger partial charge on any atom is -0.467 e. The Hall–Kier alpha value is -1.00. The third-order valence-electron chi connectivity index (χ3n) is 3.16. The van der Waals surface area contributed by atoms with Gasteiger partial charge in [0.15, 0.2) is 0 Å². The molecule has 3 nitrogen and oxygen atoms in total. The molecule has 0 aliphatic heterocycles. The molecule has 0 aliphatic rings. The molecule has 0 spiro atoms. The lowest BCUT2D eigenvalue weighted by Gasteiger charge is -2.32. The van der Waals surface area contributed by atoms with Gasteiger partial charge < -0.3 is 4.74 Å². The van der Waals surface area contributed by atoms with E-state index in [1.165, 1.54) is 7.11 Å². The van der Waals surface area contributed by atoms with Gasteiger partial charge in [-0.2, -0.15) is 11.8 Å². The zero-order valence-corrected chi connectivity index (χ0v) is 12.8. The molecule has 4 heteroatoms. The van der Waals surface area contributed by atoms with Gasteiger partial charge in [0.05, 0.1) is 7.11 Å². The quantitative estimate of drug-likeness (QED) is 0.744. The third-order valence-corrected chi connectivity index (χ3v) is 3.77. The molecule has 1 N–H and O–H groups in total. The fraction of sp³-hybridized carbons (Fsp3) is 0.533. The van der Waals surface area contributed by atoms with Gasteiger partial charge in [-0.25, -0.2) is 4.79 Å². The summed E-state index contributed by atoms with van der Waals surface area (Å²) in [6.45, 7) is 2.88. The first-order valence-corrected chi connectivity index (χ1v) is 7.98. The van der Waals surface area contributed by atoms with Gasteiger partial charge in [-0.15, -0.1) is 0 Å². The van der Waals surface area contributed by atoms with E-state index in [1.54, 1.807) is 11.8 Å². The van der Waals surface area contributed by atoms with Crippen molar-refractivity contribution >= 4 is 17.7 Å². The van der Waals surface area contributed by atoms with Crippen LogP contribution in [0.5, 0.6) is 0 Å². The Labute approximate surface area is 120 Å². The number of esters is 1. The van der Waals surface area contributed by atoms with Crippen molar-refractivity contribution in [1.82, 2.24) is 5.32 Å². The molecule has 19 heavy (non-hydrogen) atoms. The highest BCUT2D eigenvalue weighted by Gasteiger charge is 2.40. The fourth-order valence-corrected chi connectivity index (χ4v) is 2.63. The van der Waals surface area contributed by atoms with Crippen LogP contribution in [0.3, 0.4) is 0 Å². The third kappa shape index (κ3) is 3.98. The second-order valence-corrected chi connectivity index (χ2v) is 5.42. The molecule has 1 aromatic rings. The number of methoxy groups -OCH3 is 1. The predicted molar refractivity (Wildman–Crippen MR) is 81.4 cm³/mol. The van der Waals surface area contributed by atoms with Crippen LogP contribution in [0.2, 0.25) is 0 Å². The lowest BCUT2D eigenvalue weighted by atomic mass is 9.87. The lowest BCUT2D eigenvalue weighted by molar-refractivity contribution is -0.149. The molecule has 0 saturated heterocycles. The Morgan fingerprint density at radius 1 is 1.37 bits per heavy atom. The second-order valence-electron chi connectivity index (χ2n) is 4.43. The summed E-state index contributed by atoms with van der Waals surface area (Å²) in [5.74, 6) is 0.696. The number of carbonyl (C=O) groups is 1. The maximum Gasteiger partial charge on any atom is 0.330 e. The molecule has 0 amide bonds. The van der Waals surface area contributed by atoms with Crippen LogP contribution in [-0.2, 0) is 15.1 Å². The van der Waals surface area contributed by atoms with Crippen LogP contribution >= 0.6 is 11.8 Å². The van der Waals surface area contributed by atoms with Crippen molar-refractivity contribution < 1.29 is 9.53 Å². The molecule has 1 atom stereocenters. The fourth-order valence-electron chi connectivity index (χ4n) is 2.12. The first-order chi connectivity index (χ1) is 9.21. The number of nitrogens with one attached hydrogen (secondary N) is 1. The Kier molecular flexibility index (Phi) is 6.95. The van der Waals surface area contributed by atoms with E-state index in [-0.39, 0.29) is 5.97 Å². The maximum absolute atomic E-state index is 12.4. The monoisotopic (exact) mass is 281 g/mol. The van der Waals surface area contributed by atoms with Gasteiger partial charge in [-0.3, -0.25) is 5.32 Å². The first kappa shape index (κ1) is 16.1. The molecule has 1 rings (SSSR count). The van der Waals surface area contributed by atoms with Crippen LogP contribution in [0.25, 0.3) is 0 Å². The van der Waals surface area contributed by atoms with E-state index in [2.05, 4.69) is 12.2 Å². The molecule has 0 fully saturated rings. The van der Waals surface area contributed by atoms with Crippen LogP contribution in [0.1, 0.15) is 25.3 Å². The number of benzene rings is 1. The van der Waals surface area contributed by atoms with Crippen molar-refractivity contribution in [2.75, 3.05) is 25.7 Å². The highest BCUT2D eigenvalue weighted by atomic mass is 32.2. The van der Waals surface area contributed by atoms with Gasteiger partial charge in [-0.05, 0) is 37.0 Å². The molecule has 0 bridgehead atoms. The van der Waals surface area contributed by atoms with Gasteiger partial charge in [0, 0.05) is 0 Å². The largest absolute Gasteiger partial charge is 0.467 e. The van der Waals surface area contributed by atoms with E-state index >= 15 is 0 Å². The minimum atomic E-state index is -0.727. The molecule has 106 valence electrons. The van der Waals surface area contributed by atoms with Gasteiger partial charge in [0.2, 0.25) is 0 Å². The smallest absolute Gasteiger partial charge is 0.330 e. The van der Waals surface area contributed by atoms with Crippen LogP contribution in [-0.4, -0.2) is 31.6 Å². The van der Waals surface area contributed by atoms with Crippen molar-refractivity contribution in [3.8, 4) is 0 Å². The predicted octanol–water partition coefficient (Wildman–Crippen LogP) is 2.81. The van der Waals surface area contributed by atoms with E-state index < -0.39 is 5.54 Å². The van der Waals surface area contributed by atoms with Gasteiger partial charge >= 0.3 is 5.97 Å². The van der Waals surface area contributed by atoms with E-state index in [1.807, 2.05) is 36.6 Å². The van der Waals surface area contributed by atoms with Crippen LogP contribution < -0.4 is 5.32 Å². The molecule has 1 unspecified atom stereocenters. The molecule has 0 radical (unpaired) electrons. The number of carbonyl (C=O) groups excluding carboxylic acids is 1. The molecular formula is C15H23NO2S. The van der Waals surface area contributed by atoms with Crippen molar-refractivity contribution in [2.24, 2.45) is 0 Å². The second kappa shape index (κ2) is 8.23. The summed E-state index contributed by atoms with van der Waals surface area (Å²) < 4.78 is 5.05. The molecule has 1 aromatic carbocycles. The first-order valence-electron chi connectivity index (χ1n) is 6.59. The number of hydrogen-bond acceptors (Lipinski definition) is 4. The summed E-state index contributed by atoms with van der Waals surface area (Å²) in [6, 6.07) is 9.85. The summed E-state index contributed by atoms with van der Waals surface area (Å²) in [5, 5.41) is 3.40. The lowest BCUT2D eigenvalue weighted by Crippen LogP contribution is -2.50. The van der Waals surface area contributed by atoms with E-state index in [9.17, 15) is 4.79 Å². The summed E-state index contributed by atoms with van der Waals surface area (Å²) in [4.78, 5) is 12.4. The number of thioether (sulfide) groups is 1. The summed E-state index contributed by atoms with van der Waals surface area (Å²) in [5.41, 5.74) is 0.249. The maximum atomic E-state index is 12.4. The van der Waals surface area contributed by atoms with Crippen LogP contribution in [0.4, 0.5) is 0 Å². The minimum absolute atomic E-state index is 0.207. The van der Waals surface area contributed by atoms with Crippen molar-refractivity contribution in [3.05, 3.63) is 35.9 Å². The Morgan fingerprint density at radius 2 is 2.05 bits per heavy atom. The van der Waals surface area contributed by atoms with E-state index in [0.29, 0.717) is 0 Å². The van der Waals surface area contributed by atoms with E-state index in [4.69, 9.17) is 4.74 Å². The van der Waals surface area contributed by atoms with Crippen molar-refractivity contribution in [2.45, 2.75) is 25.3 Å². The Morgan fingerprint density at radius 3 is 2.58 bits per heavy atom. The molecule has 0 saturated carbocycles.